The molecule has 1 fully saturated rings. The molecule has 100 valence electrons. The molecule has 6 heteroatoms. The van der Waals surface area contributed by atoms with Gasteiger partial charge >= 0.3 is 0 Å². The number of halogens is 1. The highest BCUT2D eigenvalue weighted by molar-refractivity contribution is 5.95. The molecule has 0 radical (unpaired) electrons. The number of morpholine rings is 1. The number of carbonyl (C=O) groups is 1. The minimum atomic E-state index is -0.272. The fourth-order valence-corrected chi connectivity index (χ4v) is 1.64. The average Bonchev–Trinajstić information content (AvgIpc) is 2.40. The zero-order valence-electron chi connectivity index (χ0n) is 10.1. The van der Waals surface area contributed by atoms with E-state index in [1.165, 1.54) is 0 Å². The van der Waals surface area contributed by atoms with Crippen molar-refractivity contribution in [3.05, 3.63) is 24.3 Å². The Morgan fingerprint density at radius 1 is 1.44 bits per heavy atom. The molecule has 1 unspecified atom stereocenters. The normalized spacial score (nSPS) is 18.6. The SMILES string of the molecule is COc1ccc(NC(=O)C2COCCN2)cc1.Cl. The smallest absolute Gasteiger partial charge is 0.243 e. The van der Waals surface area contributed by atoms with Crippen molar-refractivity contribution in [1.29, 1.82) is 0 Å². The number of methoxy groups -OCH3 is 1. The molecule has 5 nitrogen and oxygen atoms in total. The molecular formula is C12H17ClN2O3. The summed E-state index contributed by atoms with van der Waals surface area (Å²) >= 11 is 0. The number of hydrogen-bond acceptors (Lipinski definition) is 4. The molecule has 0 aromatic heterocycles. The van der Waals surface area contributed by atoms with Crippen LogP contribution in [0, 0.1) is 0 Å². The van der Waals surface area contributed by atoms with E-state index in [9.17, 15) is 4.79 Å². The summed E-state index contributed by atoms with van der Waals surface area (Å²) in [5.41, 5.74) is 0.753. The highest BCUT2D eigenvalue weighted by Gasteiger charge is 2.20. The number of amides is 1. The monoisotopic (exact) mass is 272 g/mol. The van der Waals surface area contributed by atoms with E-state index in [0.717, 1.165) is 11.4 Å². The number of carbonyl (C=O) groups excluding carboxylic acids is 1. The fraction of sp³-hybridized carbons (Fsp3) is 0.417. The Balaban J connectivity index is 0.00000162. The number of rotatable bonds is 3. The summed E-state index contributed by atoms with van der Waals surface area (Å²) in [6.45, 7) is 1.79. The summed E-state index contributed by atoms with van der Waals surface area (Å²) in [6, 6.07) is 6.95. The van der Waals surface area contributed by atoms with Gasteiger partial charge < -0.3 is 20.1 Å². The third-order valence-electron chi connectivity index (χ3n) is 2.60. The molecule has 1 amide bonds. The van der Waals surface area contributed by atoms with Crippen LogP contribution in [0.2, 0.25) is 0 Å². The van der Waals surface area contributed by atoms with Gasteiger partial charge in [-0.2, -0.15) is 0 Å². The van der Waals surface area contributed by atoms with Gasteiger partial charge in [0.05, 0.1) is 20.3 Å². The van der Waals surface area contributed by atoms with Crippen LogP contribution in [0.4, 0.5) is 5.69 Å². The van der Waals surface area contributed by atoms with E-state index in [-0.39, 0.29) is 24.4 Å². The van der Waals surface area contributed by atoms with E-state index in [4.69, 9.17) is 9.47 Å². The van der Waals surface area contributed by atoms with Crippen LogP contribution in [0.3, 0.4) is 0 Å². The van der Waals surface area contributed by atoms with Crippen molar-refractivity contribution in [2.75, 3.05) is 32.2 Å². The highest BCUT2D eigenvalue weighted by atomic mass is 35.5. The zero-order chi connectivity index (χ0) is 12.1. The molecule has 18 heavy (non-hydrogen) atoms. The number of nitrogens with one attached hydrogen (secondary N) is 2. The second-order valence-electron chi connectivity index (χ2n) is 3.80. The Labute approximate surface area is 112 Å². The van der Waals surface area contributed by atoms with Crippen molar-refractivity contribution in [3.63, 3.8) is 0 Å². The zero-order valence-corrected chi connectivity index (χ0v) is 11.0. The molecule has 1 aromatic rings. The Morgan fingerprint density at radius 2 is 2.17 bits per heavy atom. The topological polar surface area (TPSA) is 59.6 Å². The largest absolute Gasteiger partial charge is 0.497 e. The first-order valence-electron chi connectivity index (χ1n) is 5.55. The van der Waals surface area contributed by atoms with Gasteiger partial charge in [0, 0.05) is 12.2 Å². The second kappa shape index (κ2) is 7.20. The molecule has 2 rings (SSSR count). The van der Waals surface area contributed by atoms with E-state index in [1.54, 1.807) is 31.4 Å². The maximum absolute atomic E-state index is 11.8. The minimum Gasteiger partial charge on any atom is -0.497 e. The summed E-state index contributed by atoms with van der Waals surface area (Å²) in [7, 11) is 1.61. The molecule has 0 bridgehead atoms. The number of hydrogen-bond donors (Lipinski definition) is 2. The van der Waals surface area contributed by atoms with Gasteiger partial charge in [-0.1, -0.05) is 0 Å². The molecule has 1 aliphatic rings. The van der Waals surface area contributed by atoms with Gasteiger partial charge in [-0.3, -0.25) is 4.79 Å². The van der Waals surface area contributed by atoms with Gasteiger partial charge in [-0.15, -0.1) is 12.4 Å². The third-order valence-corrected chi connectivity index (χ3v) is 2.60. The summed E-state index contributed by atoms with van der Waals surface area (Å²) < 4.78 is 10.3. The first-order valence-corrected chi connectivity index (χ1v) is 5.55. The third kappa shape index (κ3) is 3.87. The van der Waals surface area contributed by atoms with Crippen LogP contribution < -0.4 is 15.4 Å². The number of benzene rings is 1. The van der Waals surface area contributed by atoms with Crippen molar-refractivity contribution in [3.8, 4) is 5.75 Å². The van der Waals surface area contributed by atoms with E-state index in [0.29, 0.717) is 19.8 Å². The van der Waals surface area contributed by atoms with Crippen LogP contribution in [0.15, 0.2) is 24.3 Å². The van der Waals surface area contributed by atoms with Crippen LogP contribution in [0.25, 0.3) is 0 Å². The maximum atomic E-state index is 11.8. The average molecular weight is 273 g/mol. The van der Waals surface area contributed by atoms with Gasteiger partial charge in [-0.05, 0) is 24.3 Å². The van der Waals surface area contributed by atoms with Gasteiger partial charge in [-0.25, -0.2) is 0 Å². The number of ether oxygens (including phenoxy) is 2. The standard InChI is InChI=1S/C12H16N2O3.ClH/c1-16-10-4-2-9(3-5-10)14-12(15)11-8-17-7-6-13-11;/h2-5,11,13H,6-8H2,1H3,(H,14,15);1H. The summed E-state index contributed by atoms with van der Waals surface area (Å²) in [4.78, 5) is 11.8. The predicted octanol–water partition coefficient (Wildman–Crippen LogP) is 1.04. The van der Waals surface area contributed by atoms with Gasteiger partial charge in [0.1, 0.15) is 11.8 Å². The summed E-state index contributed by atoms with van der Waals surface area (Å²) in [6.07, 6.45) is 0. The van der Waals surface area contributed by atoms with Crippen LogP contribution in [-0.4, -0.2) is 38.8 Å². The molecule has 2 N–H and O–H groups in total. The van der Waals surface area contributed by atoms with Gasteiger partial charge in [0.2, 0.25) is 5.91 Å². The lowest BCUT2D eigenvalue weighted by molar-refractivity contribution is -0.120. The van der Waals surface area contributed by atoms with Crippen LogP contribution in [-0.2, 0) is 9.53 Å². The Morgan fingerprint density at radius 3 is 2.72 bits per heavy atom. The fourth-order valence-electron chi connectivity index (χ4n) is 1.64. The molecule has 1 aromatic carbocycles. The molecule has 1 heterocycles. The lowest BCUT2D eigenvalue weighted by Gasteiger charge is -2.22. The van der Waals surface area contributed by atoms with Crippen molar-refractivity contribution >= 4 is 24.0 Å². The van der Waals surface area contributed by atoms with Gasteiger partial charge in [0.15, 0.2) is 0 Å². The molecule has 1 saturated heterocycles. The number of anilines is 1. The van der Waals surface area contributed by atoms with Crippen molar-refractivity contribution in [2.45, 2.75) is 6.04 Å². The first-order chi connectivity index (χ1) is 8.29. The Hall–Kier alpha value is -1.30. The maximum Gasteiger partial charge on any atom is 0.243 e. The lowest BCUT2D eigenvalue weighted by atomic mass is 10.2. The van der Waals surface area contributed by atoms with Crippen LogP contribution >= 0.6 is 12.4 Å². The molecule has 0 saturated carbocycles. The van der Waals surface area contributed by atoms with Crippen molar-refractivity contribution in [2.24, 2.45) is 0 Å². The Kier molecular flexibility index (Phi) is 5.91. The highest BCUT2D eigenvalue weighted by Crippen LogP contribution is 2.15. The second-order valence-corrected chi connectivity index (χ2v) is 3.80. The van der Waals surface area contributed by atoms with Gasteiger partial charge in [0.25, 0.3) is 0 Å². The van der Waals surface area contributed by atoms with Crippen molar-refractivity contribution < 1.29 is 14.3 Å². The van der Waals surface area contributed by atoms with Crippen LogP contribution in [0.5, 0.6) is 5.75 Å². The van der Waals surface area contributed by atoms with E-state index < -0.39 is 0 Å². The predicted molar refractivity (Wildman–Crippen MR) is 71.5 cm³/mol. The molecule has 1 aliphatic heterocycles. The quantitative estimate of drug-likeness (QED) is 0.863. The van der Waals surface area contributed by atoms with Crippen LogP contribution in [0.1, 0.15) is 0 Å². The van der Waals surface area contributed by atoms with Crippen molar-refractivity contribution in [1.82, 2.24) is 5.32 Å². The first kappa shape index (κ1) is 14.8. The molecule has 1 atom stereocenters. The molecule has 0 aliphatic carbocycles. The lowest BCUT2D eigenvalue weighted by Crippen LogP contribution is -2.48. The minimum absolute atomic E-state index is 0. The molecular weight excluding hydrogens is 256 g/mol. The summed E-state index contributed by atoms with van der Waals surface area (Å²) in [5.74, 6) is 0.692. The van der Waals surface area contributed by atoms with E-state index in [1.807, 2.05) is 0 Å². The van der Waals surface area contributed by atoms with E-state index in [2.05, 4.69) is 10.6 Å². The molecule has 0 spiro atoms. The van der Waals surface area contributed by atoms with E-state index >= 15 is 0 Å². The summed E-state index contributed by atoms with van der Waals surface area (Å²) in [5, 5.41) is 5.93. The Bertz CT molecular complexity index is 377.